The van der Waals surface area contributed by atoms with Gasteiger partial charge >= 0.3 is 12.1 Å². The molecule has 0 aliphatic heterocycles. The van der Waals surface area contributed by atoms with Crippen LogP contribution in [0.3, 0.4) is 0 Å². The monoisotopic (exact) mass is 506 g/mol. The molecule has 0 saturated heterocycles. The fourth-order valence-corrected chi connectivity index (χ4v) is 3.51. The van der Waals surface area contributed by atoms with Gasteiger partial charge in [0.05, 0.1) is 16.7 Å². The molecule has 2 aromatic carbocycles. The number of aliphatic hydroxyl groups is 1. The predicted molar refractivity (Wildman–Crippen MR) is 122 cm³/mol. The van der Waals surface area contributed by atoms with Gasteiger partial charge in [-0.25, -0.2) is 4.79 Å². The van der Waals surface area contributed by atoms with Gasteiger partial charge in [-0.05, 0) is 69.4 Å². The average Bonchev–Trinajstić information content (AvgIpc) is 2.72. The summed E-state index contributed by atoms with van der Waals surface area (Å²) in [5.41, 5.74) is -0.438. The van der Waals surface area contributed by atoms with Gasteiger partial charge in [0.15, 0.2) is 6.10 Å². The molecular weight excluding hydrogens is 480 g/mol. The number of carbonyl (C=O) groups excluding carboxylic acids is 1. The lowest BCUT2D eigenvalue weighted by Gasteiger charge is -2.24. The summed E-state index contributed by atoms with van der Waals surface area (Å²) in [5.74, 6) is -0.285. The van der Waals surface area contributed by atoms with E-state index in [0.717, 1.165) is 12.1 Å². The number of alkyl halides is 3. The van der Waals surface area contributed by atoms with Crippen molar-refractivity contribution in [3.8, 4) is 5.75 Å². The summed E-state index contributed by atoms with van der Waals surface area (Å²) in [6.07, 6.45) is -5.36. The van der Waals surface area contributed by atoms with Crippen molar-refractivity contribution in [3.63, 3.8) is 0 Å². The number of aryl methyl sites for hydroxylation is 1. The highest BCUT2D eigenvalue weighted by atomic mass is 35.5. The third-order valence-corrected chi connectivity index (χ3v) is 5.65. The van der Waals surface area contributed by atoms with Gasteiger partial charge in [-0.15, -0.1) is 0 Å². The van der Waals surface area contributed by atoms with E-state index < -0.39 is 35.5 Å². The Morgan fingerprint density at radius 1 is 1.03 bits per heavy atom. The molecule has 0 aromatic heterocycles. The zero-order chi connectivity index (χ0) is 25.0. The minimum absolute atomic E-state index is 0.125. The molecule has 0 spiro atoms. The maximum absolute atomic E-state index is 12.7. The number of aliphatic hydroxyl groups excluding tert-OH is 1. The summed E-state index contributed by atoms with van der Waals surface area (Å²) in [4.78, 5) is 12.3. The zero-order valence-corrected chi connectivity index (χ0v) is 20.3. The van der Waals surface area contributed by atoms with Gasteiger partial charge in [0, 0.05) is 0 Å². The molecule has 0 radical (unpaired) electrons. The van der Waals surface area contributed by atoms with E-state index in [4.69, 9.17) is 32.7 Å². The summed E-state index contributed by atoms with van der Waals surface area (Å²) >= 11 is 12.7. The zero-order valence-electron chi connectivity index (χ0n) is 18.8. The van der Waals surface area contributed by atoms with Crippen LogP contribution in [-0.4, -0.2) is 22.8 Å². The summed E-state index contributed by atoms with van der Waals surface area (Å²) < 4.78 is 49.2. The van der Waals surface area contributed by atoms with Crippen LogP contribution in [0.2, 0.25) is 10.0 Å². The Morgan fingerprint density at radius 2 is 1.64 bits per heavy atom. The van der Waals surface area contributed by atoms with Crippen LogP contribution in [0.5, 0.6) is 5.75 Å². The second-order valence-corrected chi connectivity index (χ2v) is 9.33. The van der Waals surface area contributed by atoms with E-state index in [1.165, 1.54) is 12.1 Å². The molecule has 4 nitrogen and oxygen atoms in total. The minimum Gasteiger partial charge on any atom is -0.477 e. The molecule has 2 unspecified atom stereocenters. The van der Waals surface area contributed by atoms with E-state index in [2.05, 4.69) is 0 Å². The van der Waals surface area contributed by atoms with E-state index in [1.807, 2.05) is 0 Å². The van der Waals surface area contributed by atoms with E-state index in [1.54, 1.807) is 39.8 Å². The number of halogens is 5. The molecule has 182 valence electrons. The van der Waals surface area contributed by atoms with Crippen LogP contribution in [0.4, 0.5) is 13.2 Å². The first-order valence-corrected chi connectivity index (χ1v) is 11.2. The van der Waals surface area contributed by atoms with Gasteiger partial charge in [-0.1, -0.05) is 48.3 Å². The first-order valence-electron chi connectivity index (χ1n) is 10.4. The van der Waals surface area contributed by atoms with Crippen LogP contribution >= 0.6 is 23.2 Å². The number of ether oxygens (including phenoxy) is 2. The Hall–Kier alpha value is -1.96. The number of hydrogen-bond acceptors (Lipinski definition) is 4. The van der Waals surface area contributed by atoms with Crippen molar-refractivity contribution < 1.29 is 32.5 Å². The summed E-state index contributed by atoms with van der Waals surface area (Å²) in [6.45, 7) is 7.06. The third-order valence-electron chi connectivity index (χ3n) is 4.75. The van der Waals surface area contributed by atoms with Crippen molar-refractivity contribution in [2.24, 2.45) is 0 Å². The Balaban J connectivity index is 2.06. The highest BCUT2D eigenvalue weighted by Gasteiger charge is 2.30. The van der Waals surface area contributed by atoms with Crippen molar-refractivity contribution in [2.45, 2.75) is 70.9 Å². The first kappa shape index (κ1) is 27.3. The largest absolute Gasteiger partial charge is 0.477 e. The van der Waals surface area contributed by atoms with E-state index in [9.17, 15) is 23.1 Å². The topological polar surface area (TPSA) is 55.8 Å². The van der Waals surface area contributed by atoms with Gasteiger partial charge in [0.1, 0.15) is 16.4 Å². The van der Waals surface area contributed by atoms with Gasteiger partial charge in [-0.3, -0.25) is 0 Å². The third kappa shape index (κ3) is 7.80. The molecule has 9 heteroatoms. The Kier molecular flexibility index (Phi) is 9.08. The van der Waals surface area contributed by atoms with Crippen LogP contribution in [0, 0.1) is 0 Å². The van der Waals surface area contributed by atoms with Crippen molar-refractivity contribution in [3.05, 3.63) is 63.1 Å². The number of benzene rings is 2. The summed E-state index contributed by atoms with van der Waals surface area (Å²) in [6, 6.07) is 7.62. The van der Waals surface area contributed by atoms with Crippen LogP contribution in [0.1, 0.15) is 63.3 Å². The van der Waals surface area contributed by atoms with Crippen molar-refractivity contribution >= 4 is 29.2 Å². The van der Waals surface area contributed by atoms with E-state index >= 15 is 0 Å². The maximum Gasteiger partial charge on any atom is 0.416 e. The standard InChI is InChI=1S/C24H27Cl2F3O4/c1-5-18(22(31)33-23(2,3)4)32-19-13-9-15(20(25)21(19)26)8-12-17(30)14-6-10-16(11-7-14)24(27,28)29/h6-7,9-11,13,17-18,30H,5,8,12H2,1-4H3. The fraction of sp³-hybridized carbons (Fsp3) is 0.458. The highest BCUT2D eigenvalue weighted by Crippen LogP contribution is 2.37. The van der Waals surface area contributed by atoms with Crippen molar-refractivity contribution in [1.82, 2.24) is 0 Å². The quantitative estimate of drug-likeness (QED) is 0.385. The molecule has 2 rings (SSSR count). The normalized spacial score (nSPS) is 14.0. The molecule has 2 atom stereocenters. The van der Waals surface area contributed by atoms with Crippen LogP contribution in [-0.2, 0) is 22.1 Å². The van der Waals surface area contributed by atoms with E-state index in [0.29, 0.717) is 24.0 Å². The van der Waals surface area contributed by atoms with E-state index in [-0.39, 0.29) is 22.2 Å². The number of hydrogen-bond donors (Lipinski definition) is 1. The fourth-order valence-electron chi connectivity index (χ4n) is 3.03. The number of carbonyl (C=O) groups is 1. The molecule has 0 aliphatic carbocycles. The van der Waals surface area contributed by atoms with Gasteiger partial charge in [0.2, 0.25) is 0 Å². The second kappa shape index (κ2) is 11.0. The molecule has 1 N–H and O–H groups in total. The van der Waals surface area contributed by atoms with Crippen molar-refractivity contribution in [2.75, 3.05) is 0 Å². The lowest BCUT2D eigenvalue weighted by Crippen LogP contribution is -2.35. The molecule has 0 amide bonds. The average molecular weight is 507 g/mol. The van der Waals surface area contributed by atoms with Crippen LogP contribution in [0.25, 0.3) is 0 Å². The lowest BCUT2D eigenvalue weighted by molar-refractivity contribution is -0.163. The molecule has 2 aromatic rings. The number of esters is 1. The summed E-state index contributed by atoms with van der Waals surface area (Å²) in [5, 5.41) is 10.7. The Morgan fingerprint density at radius 3 is 2.15 bits per heavy atom. The van der Waals surface area contributed by atoms with Crippen molar-refractivity contribution in [1.29, 1.82) is 0 Å². The van der Waals surface area contributed by atoms with Gasteiger partial charge in [-0.2, -0.15) is 13.2 Å². The minimum atomic E-state index is -4.43. The lowest BCUT2D eigenvalue weighted by atomic mass is 10.00. The molecule has 0 bridgehead atoms. The Labute approximate surface area is 201 Å². The molecule has 0 fully saturated rings. The Bertz CT molecular complexity index is 954. The highest BCUT2D eigenvalue weighted by molar-refractivity contribution is 6.43. The molecular formula is C24H27Cl2F3O4. The van der Waals surface area contributed by atoms with Crippen LogP contribution in [0.15, 0.2) is 36.4 Å². The predicted octanol–water partition coefficient (Wildman–Crippen LogP) is 7.18. The molecule has 0 aliphatic rings. The first-order chi connectivity index (χ1) is 15.2. The van der Waals surface area contributed by atoms with Crippen LogP contribution < -0.4 is 4.74 Å². The maximum atomic E-state index is 12.7. The SMILES string of the molecule is CCC(Oc1ccc(CCC(O)c2ccc(C(F)(F)F)cc2)c(Cl)c1Cl)C(=O)OC(C)(C)C. The second-order valence-electron chi connectivity index (χ2n) is 8.57. The number of rotatable bonds is 8. The van der Waals surface area contributed by atoms with Gasteiger partial charge in [0.25, 0.3) is 0 Å². The van der Waals surface area contributed by atoms with Gasteiger partial charge < -0.3 is 14.6 Å². The molecule has 0 saturated carbocycles. The smallest absolute Gasteiger partial charge is 0.416 e. The summed E-state index contributed by atoms with van der Waals surface area (Å²) in [7, 11) is 0. The molecule has 33 heavy (non-hydrogen) atoms. The molecule has 0 heterocycles.